The van der Waals surface area contributed by atoms with Crippen molar-refractivity contribution >= 4 is 15.7 Å². The summed E-state index contributed by atoms with van der Waals surface area (Å²) >= 11 is 0. The molecule has 0 unspecified atom stereocenters. The van der Waals surface area contributed by atoms with Gasteiger partial charge in [0.2, 0.25) is 10.0 Å². The number of anilines is 1. The molecule has 0 aliphatic rings. The van der Waals surface area contributed by atoms with Crippen LogP contribution in [0.25, 0.3) is 0 Å². The molecule has 0 amide bonds. The third-order valence-corrected chi connectivity index (χ3v) is 3.70. The van der Waals surface area contributed by atoms with Crippen LogP contribution < -0.4 is 10.0 Å². The van der Waals surface area contributed by atoms with Crippen LogP contribution in [0.5, 0.6) is 0 Å². The van der Waals surface area contributed by atoms with Gasteiger partial charge in [0.05, 0.1) is 11.3 Å². The first kappa shape index (κ1) is 16.8. The second kappa shape index (κ2) is 6.45. The topological polar surface area (TPSA) is 58.2 Å². The predicted octanol–water partition coefficient (Wildman–Crippen LogP) is 2.45. The maximum absolute atomic E-state index is 12.4. The van der Waals surface area contributed by atoms with Crippen LogP contribution in [-0.4, -0.2) is 26.8 Å². The highest BCUT2D eigenvalue weighted by molar-refractivity contribution is 7.92. The monoisotopic (exact) mass is 310 g/mol. The van der Waals surface area contributed by atoms with Gasteiger partial charge in [0.25, 0.3) is 0 Å². The van der Waals surface area contributed by atoms with Gasteiger partial charge in [-0.05, 0) is 24.3 Å². The van der Waals surface area contributed by atoms with Crippen LogP contribution in [-0.2, 0) is 16.2 Å². The van der Waals surface area contributed by atoms with Crippen LogP contribution in [0.15, 0.2) is 24.3 Å². The van der Waals surface area contributed by atoms with Gasteiger partial charge in [-0.1, -0.05) is 13.8 Å². The molecule has 4 nitrogen and oxygen atoms in total. The normalized spacial score (nSPS) is 12.7. The Balaban J connectivity index is 2.64. The molecule has 8 heteroatoms. The van der Waals surface area contributed by atoms with E-state index in [1.54, 1.807) is 0 Å². The minimum absolute atomic E-state index is 0.113. The molecule has 1 aromatic carbocycles. The third-order valence-electron chi connectivity index (χ3n) is 2.41. The number of sulfonamides is 1. The van der Waals surface area contributed by atoms with Crippen molar-refractivity contribution < 1.29 is 21.6 Å². The lowest BCUT2D eigenvalue weighted by atomic mass is 10.2. The summed E-state index contributed by atoms with van der Waals surface area (Å²) in [6.45, 7) is 4.04. The largest absolute Gasteiger partial charge is 0.416 e. The van der Waals surface area contributed by atoms with Crippen molar-refractivity contribution in [2.24, 2.45) is 0 Å². The number of hydrogen-bond donors (Lipinski definition) is 2. The minimum Gasteiger partial charge on any atom is -0.313 e. The Hall–Kier alpha value is -1.28. The van der Waals surface area contributed by atoms with Gasteiger partial charge in [-0.2, -0.15) is 13.2 Å². The molecular weight excluding hydrogens is 293 g/mol. The molecule has 0 aliphatic heterocycles. The molecule has 114 valence electrons. The van der Waals surface area contributed by atoms with Crippen LogP contribution in [0.3, 0.4) is 0 Å². The average molecular weight is 310 g/mol. The highest BCUT2D eigenvalue weighted by Crippen LogP contribution is 2.29. The summed E-state index contributed by atoms with van der Waals surface area (Å²) in [5.74, 6) is -0.147. The minimum atomic E-state index is -4.43. The number of rotatable bonds is 6. The summed E-state index contributed by atoms with van der Waals surface area (Å²) in [5, 5.41) is 2.95. The highest BCUT2D eigenvalue weighted by atomic mass is 32.2. The van der Waals surface area contributed by atoms with Crippen molar-refractivity contribution in [3.8, 4) is 0 Å². The summed E-state index contributed by atoms with van der Waals surface area (Å²) in [4.78, 5) is 0. The summed E-state index contributed by atoms with van der Waals surface area (Å²) in [6, 6.07) is 4.03. The maximum Gasteiger partial charge on any atom is 0.416 e. The van der Waals surface area contributed by atoms with E-state index in [0.29, 0.717) is 0 Å². The fraction of sp³-hybridized carbons (Fsp3) is 0.500. The third kappa shape index (κ3) is 5.79. The molecule has 0 aliphatic carbocycles. The van der Waals surface area contributed by atoms with Crippen molar-refractivity contribution in [2.45, 2.75) is 26.1 Å². The maximum atomic E-state index is 12.4. The number of hydrogen-bond acceptors (Lipinski definition) is 3. The lowest BCUT2D eigenvalue weighted by molar-refractivity contribution is -0.137. The second-order valence-electron chi connectivity index (χ2n) is 4.60. The van der Waals surface area contributed by atoms with Gasteiger partial charge in [-0.25, -0.2) is 8.42 Å². The first-order chi connectivity index (χ1) is 9.10. The zero-order chi connectivity index (χ0) is 15.4. The Bertz CT molecular complexity index is 525. The summed E-state index contributed by atoms with van der Waals surface area (Å²) in [6.07, 6.45) is -4.43. The van der Waals surface area contributed by atoms with Crippen LogP contribution in [0.2, 0.25) is 0 Å². The predicted molar refractivity (Wildman–Crippen MR) is 72.0 cm³/mol. The fourth-order valence-corrected chi connectivity index (χ4v) is 2.42. The fourth-order valence-electron chi connectivity index (χ4n) is 1.44. The Morgan fingerprint density at radius 1 is 1.15 bits per heavy atom. The SMILES string of the molecule is CC(C)NCCS(=O)(=O)Nc1ccc(C(F)(F)F)cc1. The molecule has 0 saturated carbocycles. The smallest absolute Gasteiger partial charge is 0.313 e. The van der Waals surface area contributed by atoms with Gasteiger partial charge >= 0.3 is 6.18 Å². The van der Waals surface area contributed by atoms with Crippen molar-refractivity contribution in [3.05, 3.63) is 29.8 Å². The molecular formula is C12H17F3N2O2S. The van der Waals surface area contributed by atoms with Gasteiger partial charge in [0.15, 0.2) is 0 Å². The number of nitrogens with one attached hydrogen (secondary N) is 2. The Labute approximate surface area is 116 Å². The van der Waals surface area contributed by atoms with E-state index in [1.807, 2.05) is 13.8 Å². The Morgan fingerprint density at radius 2 is 1.70 bits per heavy atom. The van der Waals surface area contributed by atoms with Crippen LogP contribution >= 0.6 is 0 Å². The van der Waals surface area contributed by atoms with Crippen LogP contribution in [0, 0.1) is 0 Å². The first-order valence-corrected chi connectivity index (χ1v) is 7.66. The summed E-state index contributed by atoms with van der Waals surface area (Å²) < 4.78 is 62.7. The van der Waals surface area contributed by atoms with E-state index in [-0.39, 0.29) is 24.0 Å². The molecule has 2 N–H and O–H groups in total. The molecule has 0 heterocycles. The molecule has 0 radical (unpaired) electrons. The molecule has 20 heavy (non-hydrogen) atoms. The van der Waals surface area contributed by atoms with Crippen LogP contribution in [0.1, 0.15) is 19.4 Å². The van der Waals surface area contributed by atoms with Gasteiger partial charge in [-0.15, -0.1) is 0 Å². The highest BCUT2D eigenvalue weighted by Gasteiger charge is 2.30. The van der Waals surface area contributed by atoms with E-state index in [9.17, 15) is 21.6 Å². The van der Waals surface area contributed by atoms with Crippen molar-refractivity contribution in [1.29, 1.82) is 0 Å². The van der Waals surface area contributed by atoms with Crippen molar-refractivity contribution in [2.75, 3.05) is 17.0 Å². The number of alkyl halides is 3. The quantitative estimate of drug-likeness (QED) is 0.848. The molecule has 0 spiro atoms. The Morgan fingerprint density at radius 3 is 2.15 bits per heavy atom. The zero-order valence-electron chi connectivity index (χ0n) is 11.2. The second-order valence-corrected chi connectivity index (χ2v) is 6.45. The summed E-state index contributed by atoms with van der Waals surface area (Å²) in [7, 11) is -3.57. The molecule has 0 atom stereocenters. The molecule has 0 fully saturated rings. The molecule has 0 aromatic heterocycles. The molecule has 1 aromatic rings. The van der Waals surface area contributed by atoms with E-state index in [4.69, 9.17) is 0 Å². The average Bonchev–Trinajstić information content (AvgIpc) is 2.26. The lowest BCUT2D eigenvalue weighted by Crippen LogP contribution is -2.30. The van der Waals surface area contributed by atoms with E-state index in [2.05, 4.69) is 10.0 Å². The lowest BCUT2D eigenvalue weighted by Gasteiger charge is -2.11. The van der Waals surface area contributed by atoms with E-state index in [1.165, 1.54) is 0 Å². The van der Waals surface area contributed by atoms with E-state index >= 15 is 0 Å². The summed E-state index contributed by atoms with van der Waals surface area (Å²) in [5.41, 5.74) is -0.704. The van der Waals surface area contributed by atoms with Crippen molar-refractivity contribution in [3.63, 3.8) is 0 Å². The van der Waals surface area contributed by atoms with Gasteiger partial charge < -0.3 is 5.32 Å². The number of benzene rings is 1. The van der Waals surface area contributed by atoms with E-state index in [0.717, 1.165) is 24.3 Å². The first-order valence-electron chi connectivity index (χ1n) is 6.01. The Kier molecular flexibility index (Phi) is 5.41. The molecule has 1 rings (SSSR count). The molecule has 0 bridgehead atoms. The van der Waals surface area contributed by atoms with Crippen LogP contribution in [0.4, 0.5) is 18.9 Å². The van der Waals surface area contributed by atoms with E-state index < -0.39 is 21.8 Å². The zero-order valence-corrected chi connectivity index (χ0v) is 12.0. The number of halogens is 3. The standard InChI is InChI=1S/C12H17F3N2O2S/c1-9(2)16-7-8-20(18,19)17-11-5-3-10(4-6-11)12(13,14)15/h3-6,9,16-17H,7-8H2,1-2H3. The van der Waals surface area contributed by atoms with Gasteiger partial charge in [0.1, 0.15) is 0 Å². The van der Waals surface area contributed by atoms with Crippen molar-refractivity contribution in [1.82, 2.24) is 5.32 Å². The van der Waals surface area contributed by atoms with Gasteiger partial charge in [-0.3, -0.25) is 4.72 Å². The van der Waals surface area contributed by atoms with Gasteiger partial charge in [0, 0.05) is 18.3 Å². The molecule has 0 saturated heterocycles.